The molecule has 0 fully saturated rings. The molecule has 1 N–H and O–H groups in total. The summed E-state index contributed by atoms with van der Waals surface area (Å²) in [7, 11) is 0. The highest BCUT2D eigenvalue weighted by Gasteiger charge is 2.02. The molecule has 2 rings (SSSR count). The van der Waals surface area contributed by atoms with Crippen LogP contribution in [0.2, 0.25) is 5.02 Å². The van der Waals surface area contributed by atoms with Crippen LogP contribution in [0.5, 0.6) is 5.75 Å². The van der Waals surface area contributed by atoms with Gasteiger partial charge in [-0.15, -0.1) is 11.3 Å². The molecule has 19 heavy (non-hydrogen) atoms. The van der Waals surface area contributed by atoms with Crippen molar-refractivity contribution in [3.63, 3.8) is 0 Å². The number of aromatic nitrogens is 1. The summed E-state index contributed by atoms with van der Waals surface area (Å²) in [6.45, 7) is 4.53. The summed E-state index contributed by atoms with van der Waals surface area (Å²) in [6, 6.07) is 7.41. The Bertz CT molecular complexity index is 498. The molecule has 0 amide bonds. The van der Waals surface area contributed by atoms with Crippen LogP contribution >= 0.6 is 22.9 Å². The SMILES string of the molecule is CCNCc1csc(CCOc2ccc(Cl)cc2)n1. The van der Waals surface area contributed by atoms with Crippen LogP contribution in [0.4, 0.5) is 0 Å². The third-order valence-electron chi connectivity index (χ3n) is 2.55. The van der Waals surface area contributed by atoms with Crippen LogP contribution in [-0.2, 0) is 13.0 Å². The average molecular weight is 297 g/mol. The second kappa shape index (κ2) is 7.48. The first-order chi connectivity index (χ1) is 9.28. The second-order valence-electron chi connectivity index (χ2n) is 4.07. The number of halogens is 1. The van der Waals surface area contributed by atoms with Crippen LogP contribution in [0.3, 0.4) is 0 Å². The van der Waals surface area contributed by atoms with Gasteiger partial charge in [0.2, 0.25) is 0 Å². The van der Waals surface area contributed by atoms with Gasteiger partial charge in [-0.2, -0.15) is 0 Å². The fourth-order valence-electron chi connectivity index (χ4n) is 1.59. The first kappa shape index (κ1) is 14.3. The third kappa shape index (κ3) is 4.82. The summed E-state index contributed by atoms with van der Waals surface area (Å²) in [4.78, 5) is 4.55. The second-order valence-corrected chi connectivity index (χ2v) is 5.44. The van der Waals surface area contributed by atoms with Crippen molar-refractivity contribution in [1.82, 2.24) is 10.3 Å². The van der Waals surface area contributed by atoms with E-state index >= 15 is 0 Å². The zero-order chi connectivity index (χ0) is 13.5. The van der Waals surface area contributed by atoms with E-state index in [4.69, 9.17) is 16.3 Å². The lowest BCUT2D eigenvalue weighted by Gasteiger charge is -2.04. The Kier molecular flexibility index (Phi) is 5.63. The lowest BCUT2D eigenvalue weighted by molar-refractivity contribution is 0.321. The maximum absolute atomic E-state index is 5.82. The van der Waals surface area contributed by atoms with E-state index in [0.29, 0.717) is 6.61 Å². The van der Waals surface area contributed by atoms with Crippen molar-refractivity contribution in [3.8, 4) is 5.75 Å². The van der Waals surface area contributed by atoms with Gasteiger partial charge < -0.3 is 10.1 Å². The molecule has 1 heterocycles. The van der Waals surface area contributed by atoms with Crippen LogP contribution in [0.25, 0.3) is 0 Å². The molecule has 0 radical (unpaired) electrons. The first-order valence-electron chi connectivity index (χ1n) is 6.30. The Hall–Kier alpha value is -1.10. The number of ether oxygens (including phenoxy) is 1. The maximum Gasteiger partial charge on any atom is 0.119 e. The Labute approximate surface area is 122 Å². The molecule has 1 aromatic heterocycles. The highest BCUT2D eigenvalue weighted by Crippen LogP contribution is 2.16. The largest absolute Gasteiger partial charge is 0.493 e. The number of nitrogens with one attached hydrogen (secondary N) is 1. The van der Waals surface area contributed by atoms with Crippen molar-refractivity contribution in [2.75, 3.05) is 13.2 Å². The summed E-state index contributed by atoms with van der Waals surface area (Å²) < 4.78 is 5.65. The maximum atomic E-state index is 5.82. The molecule has 0 aliphatic rings. The van der Waals surface area contributed by atoms with Gasteiger partial charge >= 0.3 is 0 Å². The van der Waals surface area contributed by atoms with Gasteiger partial charge in [-0.3, -0.25) is 0 Å². The average Bonchev–Trinajstić information content (AvgIpc) is 2.87. The Morgan fingerprint density at radius 1 is 1.32 bits per heavy atom. The number of rotatable bonds is 7. The van der Waals surface area contributed by atoms with Crippen LogP contribution in [0, 0.1) is 0 Å². The predicted octanol–water partition coefficient (Wildman–Crippen LogP) is 3.53. The van der Waals surface area contributed by atoms with Gasteiger partial charge in [0.1, 0.15) is 5.75 Å². The van der Waals surface area contributed by atoms with Gasteiger partial charge in [-0.05, 0) is 30.8 Å². The normalized spacial score (nSPS) is 10.6. The van der Waals surface area contributed by atoms with Gasteiger partial charge in [0.25, 0.3) is 0 Å². The minimum Gasteiger partial charge on any atom is -0.493 e. The highest BCUT2D eigenvalue weighted by molar-refractivity contribution is 7.09. The summed E-state index contributed by atoms with van der Waals surface area (Å²) in [5.74, 6) is 0.842. The van der Waals surface area contributed by atoms with E-state index in [-0.39, 0.29) is 0 Å². The number of hydrogen-bond donors (Lipinski definition) is 1. The molecule has 0 aliphatic heterocycles. The molecule has 0 aliphatic carbocycles. The lowest BCUT2D eigenvalue weighted by Crippen LogP contribution is -2.12. The molecule has 0 bridgehead atoms. The van der Waals surface area contributed by atoms with E-state index in [2.05, 4.69) is 22.6 Å². The van der Waals surface area contributed by atoms with E-state index in [1.807, 2.05) is 24.3 Å². The fraction of sp³-hybridized carbons (Fsp3) is 0.357. The van der Waals surface area contributed by atoms with E-state index in [1.54, 1.807) is 11.3 Å². The topological polar surface area (TPSA) is 34.1 Å². The van der Waals surface area contributed by atoms with Crippen LogP contribution in [0.15, 0.2) is 29.6 Å². The van der Waals surface area contributed by atoms with Crippen LogP contribution < -0.4 is 10.1 Å². The molecule has 2 aromatic rings. The number of thiazole rings is 1. The number of hydrogen-bond acceptors (Lipinski definition) is 4. The molecule has 0 saturated carbocycles. The molecule has 5 heteroatoms. The Balaban J connectivity index is 1.76. The van der Waals surface area contributed by atoms with E-state index in [1.165, 1.54) is 0 Å². The van der Waals surface area contributed by atoms with Crippen molar-refractivity contribution in [2.24, 2.45) is 0 Å². The highest BCUT2D eigenvalue weighted by atomic mass is 35.5. The van der Waals surface area contributed by atoms with Crippen LogP contribution in [-0.4, -0.2) is 18.1 Å². The summed E-state index contributed by atoms with van der Waals surface area (Å²) in [5, 5.41) is 7.20. The molecule has 0 atom stereocenters. The summed E-state index contributed by atoms with van der Waals surface area (Å²) in [5.41, 5.74) is 1.10. The van der Waals surface area contributed by atoms with Crippen LogP contribution in [0.1, 0.15) is 17.6 Å². The lowest BCUT2D eigenvalue weighted by atomic mass is 10.3. The Morgan fingerprint density at radius 3 is 2.84 bits per heavy atom. The molecule has 0 unspecified atom stereocenters. The zero-order valence-electron chi connectivity index (χ0n) is 10.9. The molecular formula is C14H17ClN2OS. The minimum atomic E-state index is 0.635. The quantitative estimate of drug-likeness (QED) is 0.849. The summed E-state index contributed by atoms with van der Waals surface area (Å²) in [6.07, 6.45) is 0.833. The number of benzene rings is 1. The van der Waals surface area contributed by atoms with Crippen molar-refractivity contribution < 1.29 is 4.74 Å². The van der Waals surface area contributed by atoms with Crippen molar-refractivity contribution in [2.45, 2.75) is 19.9 Å². The van der Waals surface area contributed by atoms with Gasteiger partial charge in [0, 0.05) is 23.4 Å². The minimum absolute atomic E-state index is 0.635. The first-order valence-corrected chi connectivity index (χ1v) is 7.56. The van der Waals surface area contributed by atoms with Gasteiger partial charge in [-0.1, -0.05) is 18.5 Å². The van der Waals surface area contributed by atoms with E-state index in [0.717, 1.165) is 41.0 Å². The van der Waals surface area contributed by atoms with E-state index < -0.39 is 0 Å². The van der Waals surface area contributed by atoms with Crippen molar-refractivity contribution in [3.05, 3.63) is 45.4 Å². The fourth-order valence-corrected chi connectivity index (χ4v) is 2.49. The van der Waals surface area contributed by atoms with Gasteiger partial charge in [0.05, 0.1) is 17.3 Å². The summed E-state index contributed by atoms with van der Waals surface area (Å²) >= 11 is 7.50. The molecule has 102 valence electrons. The van der Waals surface area contributed by atoms with Crippen molar-refractivity contribution in [1.29, 1.82) is 0 Å². The molecule has 1 aromatic carbocycles. The number of nitrogens with zero attached hydrogens (tertiary/aromatic N) is 1. The molecule has 0 spiro atoms. The monoisotopic (exact) mass is 296 g/mol. The van der Waals surface area contributed by atoms with E-state index in [9.17, 15) is 0 Å². The Morgan fingerprint density at radius 2 is 2.11 bits per heavy atom. The smallest absolute Gasteiger partial charge is 0.119 e. The zero-order valence-corrected chi connectivity index (χ0v) is 12.4. The van der Waals surface area contributed by atoms with Gasteiger partial charge in [-0.25, -0.2) is 4.98 Å². The van der Waals surface area contributed by atoms with Gasteiger partial charge in [0.15, 0.2) is 0 Å². The third-order valence-corrected chi connectivity index (χ3v) is 3.76. The molecular weight excluding hydrogens is 280 g/mol. The molecule has 3 nitrogen and oxygen atoms in total. The van der Waals surface area contributed by atoms with Crippen molar-refractivity contribution >= 4 is 22.9 Å². The molecule has 0 saturated heterocycles. The standard InChI is InChI=1S/C14H17ClN2OS/c1-2-16-9-12-10-19-14(17-12)7-8-18-13-5-3-11(15)4-6-13/h3-6,10,16H,2,7-9H2,1H3. The predicted molar refractivity (Wildman–Crippen MR) is 80.1 cm³/mol.